The van der Waals surface area contributed by atoms with E-state index in [-0.39, 0.29) is 11.7 Å². The fourth-order valence-electron chi connectivity index (χ4n) is 3.21. The molecule has 178 valence electrons. The molecule has 2 N–H and O–H groups in total. The van der Waals surface area contributed by atoms with Gasteiger partial charge in [0.15, 0.2) is 11.0 Å². The number of hydrogen-bond donors (Lipinski definition) is 2. The van der Waals surface area contributed by atoms with Crippen LogP contribution in [0.5, 0.6) is 11.5 Å². The van der Waals surface area contributed by atoms with Crippen molar-refractivity contribution in [3.05, 3.63) is 84.4 Å². The minimum absolute atomic E-state index is 0.0198. The maximum Gasteiger partial charge on any atom is 0.269 e. The molecule has 0 aliphatic carbocycles. The molecule has 0 aliphatic rings. The van der Waals surface area contributed by atoms with Gasteiger partial charge in [0.2, 0.25) is 5.91 Å². The number of ether oxygens (including phenoxy) is 2. The summed E-state index contributed by atoms with van der Waals surface area (Å²) in [5.74, 6) is 1.30. The van der Waals surface area contributed by atoms with E-state index < -0.39 is 5.91 Å². The highest BCUT2D eigenvalue weighted by Crippen LogP contribution is 2.29. The number of hydrazine groups is 1. The Morgan fingerprint density at radius 3 is 2.09 bits per heavy atom. The SMILES string of the molecule is COc1ccc(-c2nnc(SCC(=O)NNC(=O)c3ccccc3)n2-c2ccc(OC)cc2)cc1. The number of nitrogens with zero attached hydrogens (tertiary/aromatic N) is 3. The molecule has 35 heavy (non-hydrogen) atoms. The number of benzene rings is 3. The minimum atomic E-state index is -0.396. The summed E-state index contributed by atoms with van der Waals surface area (Å²) in [7, 11) is 3.21. The third-order valence-corrected chi connectivity index (χ3v) is 5.92. The molecule has 4 rings (SSSR count). The molecule has 1 aromatic heterocycles. The van der Waals surface area contributed by atoms with Crippen LogP contribution in [0.1, 0.15) is 10.4 Å². The van der Waals surface area contributed by atoms with Gasteiger partial charge in [0.25, 0.3) is 5.91 Å². The van der Waals surface area contributed by atoms with Gasteiger partial charge >= 0.3 is 0 Å². The second kappa shape index (κ2) is 11.2. The van der Waals surface area contributed by atoms with Crippen molar-refractivity contribution in [1.82, 2.24) is 25.6 Å². The van der Waals surface area contributed by atoms with Crippen LogP contribution in [0.2, 0.25) is 0 Å². The molecule has 0 fully saturated rings. The molecule has 0 saturated heterocycles. The van der Waals surface area contributed by atoms with Gasteiger partial charge in [-0.25, -0.2) is 0 Å². The Kier molecular flexibility index (Phi) is 7.63. The third-order valence-electron chi connectivity index (χ3n) is 5.00. The van der Waals surface area contributed by atoms with Crippen molar-refractivity contribution in [2.24, 2.45) is 0 Å². The zero-order valence-corrected chi connectivity index (χ0v) is 19.9. The Morgan fingerprint density at radius 1 is 0.829 bits per heavy atom. The molecule has 0 aliphatic heterocycles. The summed E-state index contributed by atoms with van der Waals surface area (Å²) in [4.78, 5) is 24.5. The summed E-state index contributed by atoms with van der Waals surface area (Å²) in [6.07, 6.45) is 0. The molecule has 0 spiro atoms. The van der Waals surface area contributed by atoms with Crippen LogP contribution < -0.4 is 20.3 Å². The average Bonchev–Trinajstić information content (AvgIpc) is 3.35. The highest BCUT2D eigenvalue weighted by molar-refractivity contribution is 7.99. The van der Waals surface area contributed by atoms with Crippen molar-refractivity contribution in [2.75, 3.05) is 20.0 Å². The van der Waals surface area contributed by atoms with Crippen molar-refractivity contribution >= 4 is 23.6 Å². The molecule has 0 bridgehead atoms. The topological polar surface area (TPSA) is 107 Å². The summed E-state index contributed by atoms with van der Waals surface area (Å²) in [6.45, 7) is 0. The Labute approximate surface area is 206 Å². The van der Waals surface area contributed by atoms with Gasteiger partial charge < -0.3 is 9.47 Å². The van der Waals surface area contributed by atoms with Gasteiger partial charge in [-0.3, -0.25) is 25.0 Å². The van der Waals surface area contributed by atoms with Gasteiger partial charge in [0.1, 0.15) is 11.5 Å². The van der Waals surface area contributed by atoms with Crippen molar-refractivity contribution in [1.29, 1.82) is 0 Å². The maximum absolute atomic E-state index is 12.4. The van der Waals surface area contributed by atoms with Crippen LogP contribution in [0.4, 0.5) is 0 Å². The van der Waals surface area contributed by atoms with Crippen LogP contribution in [0.3, 0.4) is 0 Å². The van der Waals surface area contributed by atoms with E-state index in [1.807, 2.05) is 59.2 Å². The van der Waals surface area contributed by atoms with E-state index in [0.29, 0.717) is 16.5 Å². The van der Waals surface area contributed by atoms with Crippen LogP contribution in [-0.4, -0.2) is 46.6 Å². The van der Waals surface area contributed by atoms with Gasteiger partial charge in [-0.1, -0.05) is 30.0 Å². The summed E-state index contributed by atoms with van der Waals surface area (Å²) >= 11 is 1.20. The van der Waals surface area contributed by atoms with Gasteiger partial charge in [0.05, 0.1) is 20.0 Å². The largest absolute Gasteiger partial charge is 0.497 e. The highest BCUT2D eigenvalue weighted by atomic mass is 32.2. The van der Waals surface area contributed by atoms with Gasteiger partial charge in [-0.15, -0.1) is 10.2 Å². The second-order valence-electron chi connectivity index (χ2n) is 7.23. The minimum Gasteiger partial charge on any atom is -0.497 e. The second-order valence-corrected chi connectivity index (χ2v) is 8.17. The Morgan fingerprint density at radius 2 is 1.46 bits per heavy atom. The molecule has 2 amide bonds. The molecule has 4 aromatic rings. The van der Waals surface area contributed by atoms with Crippen LogP contribution in [0.25, 0.3) is 17.1 Å². The quantitative estimate of drug-likeness (QED) is 0.288. The van der Waals surface area contributed by atoms with E-state index >= 15 is 0 Å². The first-order valence-electron chi connectivity index (χ1n) is 10.6. The predicted octanol–water partition coefficient (Wildman–Crippen LogP) is 3.50. The van der Waals surface area contributed by atoms with E-state index in [9.17, 15) is 9.59 Å². The first kappa shape index (κ1) is 23.8. The number of thioether (sulfide) groups is 1. The lowest BCUT2D eigenvalue weighted by Crippen LogP contribution is -2.42. The van der Waals surface area contributed by atoms with Gasteiger partial charge in [-0.05, 0) is 60.7 Å². The monoisotopic (exact) mass is 489 g/mol. The molecular weight excluding hydrogens is 466 g/mol. The smallest absolute Gasteiger partial charge is 0.269 e. The van der Waals surface area contributed by atoms with Gasteiger partial charge in [-0.2, -0.15) is 0 Å². The zero-order chi connectivity index (χ0) is 24.6. The van der Waals surface area contributed by atoms with E-state index in [0.717, 1.165) is 22.7 Å². The molecular formula is C25H23N5O4S. The maximum atomic E-state index is 12.4. The number of carbonyl (C=O) groups excluding carboxylic acids is 2. The van der Waals surface area contributed by atoms with Gasteiger partial charge in [0, 0.05) is 16.8 Å². The summed E-state index contributed by atoms with van der Waals surface area (Å²) < 4.78 is 12.4. The number of rotatable bonds is 8. The molecule has 10 heteroatoms. The lowest BCUT2D eigenvalue weighted by atomic mass is 10.2. The number of carbonyl (C=O) groups is 2. The third kappa shape index (κ3) is 5.79. The molecule has 0 saturated carbocycles. The first-order chi connectivity index (χ1) is 17.1. The van der Waals surface area contributed by atoms with Crippen LogP contribution in [0.15, 0.2) is 84.0 Å². The van der Waals surface area contributed by atoms with E-state index in [2.05, 4.69) is 21.0 Å². The molecule has 0 radical (unpaired) electrons. The van der Waals surface area contributed by atoms with Crippen LogP contribution >= 0.6 is 11.8 Å². The molecule has 3 aromatic carbocycles. The van der Waals surface area contributed by atoms with Crippen molar-refractivity contribution in [3.63, 3.8) is 0 Å². The normalized spacial score (nSPS) is 10.5. The number of amides is 2. The Bertz CT molecular complexity index is 1290. The van der Waals surface area contributed by atoms with E-state index in [1.165, 1.54) is 11.8 Å². The first-order valence-corrected chi connectivity index (χ1v) is 11.6. The summed E-state index contributed by atoms with van der Waals surface area (Å²) in [6, 6.07) is 23.6. The predicted molar refractivity (Wildman–Crippen MR) is 133 cm³/mol. The van der Waals surface area contributed by atoms with E-state index in [1.54, 1.807) is 38.5 Å². The lowest BCUT2D eigenvalue weighted by molar-refractivity contribution is -0.119. The Hall–Kier alpha value is -4.31. The number of aromatic nitrogens is 3. The lowest BCUT2D eigenvalue weighted by Gasteiger charge is -2.12. The highest BCUT2D eigenvalue weighted by Gasteiger charge is 2.18. The van der Waals surface area contributed by atoms with Crippen LogP contribution in [0, 0.1) is 0 Å². The standard InChI is InChI=1S/C25H23N5O4S/c1-33-20-12-8-17(9-13-20)23-27-29-25(30(23)19-10-14-21(34-2)15-11-19)35-16-22(31)26-28-24(32)18-6-4-3-5-7-18/h3-15H,16H2,1-2H3,(H,26,31)(H,28,32). The Balaban J connectivity index is 1.51. The van der Waals surface area contributed by atoms with Crippen molar-refractivity contribution in [3.8, 4) is 28.6 Å². The van der Waals surface area contributed by atoms with Crippen molar-refractivity contribution in [2.45, 2.75) is 5.16 Å². The number of hydrogen-bond acceptors (Lipinski definition) is 7. The zero-order valence-electron chi connectivity index (χ0n) is 19.1. The fraction of sp³-hybridized carbons (Fsp3) is 0.120. The molecule has 0 atom stereocenters. The molecule has 9 nitrogen and oxygen atoms in total. The summed E-state index contributed by atoms with van der Waals surface area (Å²) in [5.41, 5.74) is 6.93. The van der Waals surface area contributed by atoms with E-state index in [4.69, 9.17) is 9.47 Å². The summed E-state index contributed by atoms with van der Waals surface area (Å²) in [5, 5.41) is 9.21. The van der Waals surface area contributed by atoms with Crippen molar-refractivity contribution < 1.29 is 19.1 Å². The number of nitrogens with one attached hydrogen (secondary N) is 2. The average molecular weight is 490 g/mol. The molecule has 1 heterocycles. The number of methoxy groups -OCH3 is 2. The fourth-order valence-corrected chi connectivity index (χ4v) is 3.96. The van der Waals surface area contributed by atoms with Crippen LogP contribution in [-0.2, 0) is 4.79 Å². The molecule has 0 unspecified atom stereocenters.